The summed E-state index contributed by atoms with van der Waals surface area (Å²) in [5.74, 6) is 0. The maximum absolute atomic E-state index is 12.7. The average molecular weight is 364 g/mol. The summed E-state index contributed by atoms with van der Waals surface area (Å²) < 4.78 is 28.6. The predicted octanol–water partition coefficient (Wildman–Crippen LogP) is 2.17. The maximum atomic E-state index is 12.7. The summed E-state index contributed by atoms with van der Waals surface area (Å²) in [5, 5.41) is 0. The highest BCUT2D eigenvalue weighted by atomic mass is 32.2. The molecule has 2 unspecified atom stereocenters. The quantitative estimate of drug-likeness (QED) is 0.823. The standard InChI is InChI=1S/C19H29N3O2S/c1-20(2)25(23,24)22-15-18-10-6-7-11-19(18,16-22)14-21(13-18)12-17-8-4-3-5-9-17/h3-5,8-9H,6-7,10-16H2,1-2H3. The van der Waals surface area contributed by atoms with Gasteiger partial charge in [0.2, 0.25) is 0 Å². The van der Waals surface area contributed by atoms with Gasteiger partial charge in [-0.2, -0.15) is 17.0 Å². The molecular weight excluding hydrogens is 334 g/mol. The molecule has 1 aromatic rings. The second-order valence-corrected chi connectivity index (χ2v) is 10.6. The van der Waals surface area contributed by atoms with Crippen LogP contribution in [0.4, 0.5) is 0 Å². The molecule has 2 aliphatic heterocycles. The molecule has 0 amide bonds. The summed E-state index contributed by atoms with van der Waals surface area (Å²) in [5.41, 5.74) is 1.64. The van der Waals surface area contributed by atoms with Gasteiger partial charge in [0, 0.05) is 57.6 Å². The maximum Gasteiger partial charge on any atom is 0.281 e. The molecule has 0 N–H and O–H groups in total. The van der Waals surface area contributed by atoms with Gasteiger partial charge in [-0.3, -0.25) is 4.90 Å². The summed E-state index contributed by atoms with van der Waals surface area (Å²) in [7, 11) is -0.0296. The summed E-state index contributed by atoms with van der Waals surface area (Å²) in [6, 6.07) is 10.6. The lowest BCUT2D eigenvalue weighted by molar-refractivity contribution is 0.0945. The van der Waals surface area contributed by atoms with E-state index >= 15 is 0 Å². The lowest BCUT2D eigenvalue weighted by Crippen LogP contribution is -2.42. The Morgan fingerprint density at radius 1 is 0.960 bits per heavy atom. The summed E-state index contributed by atoms with van der Waals surface area (Å²) in [6.07, 6.45) is 4.79. The van der Waals surface area contributed by atoms with Crippen molar-refractivity contribution in [1.82, 2.24) is 13.5 Å². The number of rotatable bonds is 4. The second kappa shape index (κ2) is 6.05. The van der Waals surface area contributed by atoms with Crippen molar-refractivity contribution in [3.8, 4) is 0 Å². The van der Waals surface area contributed by atoms with Crippen molar-refractivity contribution >= 4 is 10.2 Å². The third kappa shape index (κ3) is 2.74. The van der Waals surface area contributed by atoms with Gasteiger partial charge in [0.25, 0.3) is 10.2 Å². The Hall–Kier alpha value is -0.950. The summed E-state index contributed by atoms with van der Waals surface area (Å²) >= 11 is 0. The molecule has 0 bridgehead atoms. The van der Waals surface area contributed by atoms with Crippen LogP contribution in [0, 0.1) is 10.8 Å². The van der Waals surface area contributed by atoms with Gasteiger partial charge in [0.1, 0.15) is 0 Å². The predicted molar refractivity (Wildman–Crippen MR) is 99.2 cm³/mol. The van der Waals surface area contributed by atoms with Crippen LogP contribution in [-0.4, -0.2) is 62.2 Å². The van der Waals surface area contributed by atoms with Gasteiger partial charge < -0.3 is 0 Å². The minimum Gasteiger partial charge on any atom is -0.298 e. The Morgan fingerprint density at radius 3 is 2.04 bits per heavy atom. The Bertz CT molecular complexity index is 712. The third-order valence-electron chi connectivity index (χ3n) is 6.73. The van der Waals surface area contributed by atoms with Crippen LogP contribution in [0.3, 0.4) is 0 Å². The van der Waals surface area contributed by atoms with E-state index in [1.165, 1.54) is 22.7 Å². The zero-order valence-electron chi connectivity index (χ0n) is 15.3. The molecule has 0 radical (unpaired) electrons. The minimum atomic E-state index is -3.32. The topological polar surface area (TPSA) is 43.9 Å². The molecule has 3 fully saturated rings. The van der Waals surface area contributed by atoms with E-state index in [9.17, 15) is 8.42 Å². The van der Waals surface area contributed by atoms with Gasteiger partial charge in [0.05, 0.1) is 0 Å². The Balaban J connectivity index is 1.59. The molecule has 0 aromatic heterocycles. The largest absolute Gasteiger partial charge is 0.298 e. The SMILES string of the molecule is CN(C)S(=O)(=O)N1CC23CCCCC2(CN(Cc2ccccc2)C3)C1. The van der Waals surface area contributed by atoms with E-state index in [0.717, 1.165) is 32.5 Å². The summed E-state index contributed by atoms with van der Waals surface area (Å²) in [4.78, 5) is 2.57. The first-order valence-corrected chi connectivity index (χ1v) is 10.7. The van der Waals surface area contributed by atoms with Gasteiger partial charge in [-0.25, -0.2) is 0 Å². The second-order valence-electron chi connectivity index (χ2n) is 8.46. The highest BCUT2D eigenvalue weighted by molar-refractivity contribution is 7.86. The zero-order valence-corrected chi connectivity index (χ0v) is 16.1. The van der Waals surface area contributed by atoms with Crippen LogP contribution in [0.25, 0.3) is 0 Å². The molecule has 0 spiro atoms. The third-order valence-corrected chi connectivity index (χ3v) is 8.57. The Kier molecular flexibility index (Phi) is 4.22. The molecule has 2 heterocycles. The van der Waals surface area contributed by atoms with Crippen molar-refractivity contribution in [2.24, 2.45) is 10.8 Å². The van der Waals surface area contributed by atoms with Gasteiger partial charge in [-0.05, 0) is 18.4 Å². The fourth-order valence-electron chi connectivity index (χ4n) is 5.53. The smallest absolute Gasteiger partial charge is 0.281 e. The van der Waals surface area contributed by atoms with Crippen LogP contribution < -0.4 is 0 Å². The van der Waals surface area contributed by atoms with Crippen molar-refractivity contribution in [2.75, 3.05) is 40.3 Å². The number of benzene rings is 1. The molecule has 5 nitrogen and oxygen atoms in total. The number of nitrogens with zero attached hydrogens (tertiary/aromatic N) is 3. The number of hydrogen-bond donors (Lipinski definition) is 0. The fraction of sp³-hybridized carbons (Fsp3) is 0.684. The van der Waals surface area contributed by atoms with Crippen LogP contribution in [0.2, 0.25) is 0 Å². The minimum absolute atomic E-state index is 0.142. The molecule has 2 saturated heterocycles. The van der Waals surface area contributed by atoms with E-state index in [1.807, 2.05) is 0 Å². The van der Waals surface area contributed by atoms with Gasteiger partial charge >= 0.3 is 0 Å². The zero-order chi connectivity index (χ0) is 17.7. The lowest BCUT2D eigenvalue weighted by Gasteiger charge is -2.42. The Morgan fingerprint density at radius 2 is 1.52 bits per heavy atom. The molecule has 25 heavy (non-hydrogen) atoms. The molecule has 3 aliphatic rings. The van der Waals surface area contributed by atoms with Crippen LogP contribution in [0.5, 0.6) is 0 Å². The van der Waals surface area contributed by atoms with Crippen molar-refractivity contribution in [3.05, 3.63) is 35.9 Å². The van der Waals surface area contributed by atoms with E-state index in [-0.39, 0.29) is 10.8 Å². The first-order chi connectivity index (χ1) is 11.9. The fourth-order valence-corrected chi connectivity index (χ4v) is 6.82. The number of hydrogen-bond acceptors (Lipinski definition) is 3. The van der Waals surface area contributed by atoms with E-state index in [1.54, 1.807) is 18.4 Å². The van der Waals surface area contributed by atoms with Gasteiger partial charge in [-0.15, -0.1) is 0 Å². The van der Waals surface area contributed by atoms with Crippen LogP contribution in [0.1, 0.15) is 31.2 Å². The lowest BCUT2D eigenvalue weighted by atomic mass is 9.60. The molecular formula is C19H29N3O2S. The summed E-state index contributed by atoms with van der Waals surface area (Å²) in [6.45, 7) is 4.42. The van der Waals surface area contributed by atoms with Crippen molar-refractivity contribution in [2.45, 2.75) is 32.2 Å². The highest BCUT2D eigenvalue weighted by Crippen LogP contribution is 2.60. The molecule has 138 valence electrons. The molecule has 1 saturated carbocycles. The molecule has 4 rings (SSSR count). The van der Waals surface area contributed by atoms with E-state index in [0.29, 0.717) is 13.1 Å². The first kappa shape index (κ1) is 17.5. The highest BCUT2D eigenvalue weighted by Gasteiger charge is 2.64. The van der Waals surface area contributed by atoms with E-state index < -0.39 is 10.2 Å². The van der Waals surface area contributed by atoms with Crippen molar-refractivity contribution in [3.63, 3.8) is 0 Å². The van der Waals surface area contributed by atoms with Crippen LogP contribution in [0.15, 0.2) is 30.3 Å². The van der Waals surface area contributed by atoms with E-state index in [2.05, 4.69) is 35.2 Å². The Labute approximate surface area is 151 Å². The van der Waals surface area contributed by atoms with Crippen LogP contribution >= 0.6 is 0 Å². The van der Waals surface area contributed by atoms with Crippen molar-refractivity contribution < 1.29 is 8.42 Å². The normalized spacial score (nSPS) is 33.6. The number of likely N-dealkylation sites (tertiary alicyclic amines) is 1. The molecule has 1 aliphatic carbocycles. The van der Waals surface area contributed by atoms with Gasteiger partial charge in [-0.1, -0.05) is 43.2 Å². The molecule has 1 aromatic carbocycles. The molecule has 2 atom stereocenters. The monoisotopic (exact) mass is 363 g/mol. The average Bonchev–Trinajstić information content (AvgIpc) is 3.06. The van der Waals surface area contributed by atoms with E-state index in [4.69, 9.17) is 0 Å². The van der Waals surface area contributed by atoms with Gasteiger partial charge in [0.15, 0.2) is 0 Å². The first-order valence-electron chi connectivity index (χ1n) is 9.31. The van der Waals surface area contributed by atoms with Crippen molar-refractivity contribution in [1.29, 1.82) is 0 Å². The van der Waals surface area contributed by atoms with Crippen LogP contribution in [-0.2, 0) is 16.8 Å². The molecule has 6 heteroatoms.